The largest absolute Gasteiger partial charge is 0.316 e. The van der Waals surface area contributed by atoms with Gasteiger partial charge in [0.2, 0.25) is 0 Å². The lowest BCUT2D eigenvalue weighted by molar-refractivity contribution is -0.125. The summed E-state index contributed by atoms with van der Waals surface area (Å²) in [6, 6.07) is 0. The van der Waals surface area contributed by atoms with E-state index in [1.807, 2.05) is 0 Å². The van der Waals surface area contributed by atoms with Crippen LogP contribution in [-0.2, 0) is 0 Å². The highest BCUT2D eigenvalue weighted by molar-refractivity contribution is 5.37. The lowest BCUT2D eigenvalue weighted by Gasteiger charge is -2.59. The van der Waals surface area contributed by atoms with Crippen LogP contribution in [0.4, 0.5) is 0 Å². The minimum absolute atomic E-state index is 1.05. The predicted octanol–water partition coefficient (Wildman–Crippen LogP) is 1.62. The molecule has 0 aromatic rings. The molecule has 0 amide bonds. The minimum Gasteiger partial charge on any atom is -0.316 e. The Balaban J connectivity index is 1.57. The van der Waals surface area contributed by atoms with E-state index in [0.717, 1.165) is 47.3 Å². The van der Waals surface area contributed by atoms with Crippen molar-refractivity contribution in [1.29, 1.82) is 0 Å². The first kappa shape index (κ1) is 7.99. The highest BCUT2D eigenvalue weighted by atomic mass is 15.0. The van der Waals surface area contributed by atoms with Gasteiger partial charge in [0.15, 0.2) is 0 Å². The maximum Gasteiger partial charge on any atom is -0.00143 e. The van der Waals surface area contributed by atoms with Crippen LogP contribution in [0.25, 0.3) is 0 Å². The Labute approximate surface area is 102 Å². The zero-order valence-electron chi connectivity index (χ0n) is 10.00. The molecule has 0 aromatic heterocycles. The Kier molecular flexibility index (Phi) is 0.962. The Morgan fingerprint density at radius 2 is 1.06 bits per heavy atom. The number of hydrogen-bond acceptors (Lipinski definition) is 1. The van der Waals surface area contributed by atoms with Crippen molar-refractivity contribution < 1.29 is 0 Å². The maximum atomic E-state index is 3.74. The summed E-state index contributed by atoms with van der Waals surface area (Å²) in [5.74, 6) is 13.7. The second kappa shape index (κ2) is 2.05. The van der Waals surface area contributed by atoms with Gasteiger partial charge in [-0.3, -0.25) is 0 Å². The Morgan fingerprint density at radius 1 is 0.588 bits per heavy atom. The number of allylic oxidation sites excluding steroid dienone is 2. The van der Waals surface area contributed by atoms with Gasteiger partial charge in [-0.25, -0.2) is 0 Å². The van der Waals surface area contributed by atoms with Gasteiger partial charge in [0.1, 0.15) is 0 Å². The second-order valence-electron chi connectivity index (χ2n) is 8.14. The molecule has 0 unspecified atom stereocenters. The van der Waals surface area contributed by atoms with E-state index in [1.54, 1.807) is 0 Å². The number of hydrogen-bond donors (Lipinski definition) is 1. The van der Waals surface area contributed by atoms with E-state index in [9.17, 15) is 0 Å². The van der Waals surface area contributed by atoms with Gasteiger partial charge >= 0.3 is 0 Å². The van der Waals surface area contributed by atoms with Crippen LogP contribution in [0.5, 0.6) is 0 Å². The van der Waals surface area contributed by atoms with Gasteiger partial charge in [-0.1, -0.05) is 12.2 Å². The molecule has 0 radical (unpaired) electrons. The maximum absolute atomic E-state index is 3.74. The molecule has 7 aliphatic rings. The van der Waals surface area contributed by atoms with Crippen molar-refractivity contribution in [3.63, 3.8) is 0 Å². The third kappa shape index (κ3) is 0.528. The molecule has 88 valence electrons. The van der Waals surface area contributed by atoms with Crippen molar-refractivity contribution in [2.45, 2.75) is 0 Å². The van der Waals surface area contributed by atoms with Crippen molar-refractivity contribution in [3.05, 3.63) is 12.2 Å². The Morgan fingerprint density at radius 3 is 1.59 bits per heavy atom. The highest BCUT2D eigenvalue weighted by Gasteiger charge is 2.83. The predicted molar refractivity (Wildman–Crippen MR) is 63.9 cm³/mol. The van der Waals surface area contributed by atoms with Gasteiger partial charge in [-0.05, 0) is 84.1 Å². The summed E-state index contributed by atoms with van der Waals surface area (Å²) in [6.45, 7) is 2.74. The molecule has 12 atom stereocenters. The summed E-state index contributed by atoms with van der Waals surface area (Å²) < 4.78 is 0. The number of nitrogens with one attached hydrogen (secondary N) is 1. The van der Waals surface area contributed by atoms with Crippen LogP contribution in [0.15, 0.2) is 12.2 Å². The highest BCUT2D eigenvalue weighted by Crippen LogP contribution is 2.86. The average Bonchev–Trinajstić information content (AvgIpc) is 2.92. The lowest BCUT2D eigenvalue weighted by Crippen LogP contribution is -2.57. The quantitative estimate of drug-likeness (QED) is 0.618. The molecule has 17 heavy (non-hydrogen) atoms. The molecule has 0 spiro atoms. The molecule has 1 heterocycles. The third-order valence-corrected chi connectivity index (χ3v) is 8.63. The lowest BCUT2D eigenvalue weighted by atomic mass is 9.44. The van der Waals surface area contributed by atoms with Crippen LogP contribution in [0.2, 0.25) is 0 Å². The van der Waals surface area contributed by atoms with E-state index >= 15 is 0 Å². The standard InChI is InChI=1S/C16H19N/c1-2-6-10-9-5(1)11-12(6)16-14(10)8-4-17-3-7(8)13(9)15(11)16/h1-2,5-17H,3-4H2/t5-,6+,7+,8-,9-,10+,11-,12+,13-,14+,15+,16-. The molecule has 1 nitrogen and oxygen atoms in total. The fourth-order valence-electron chi connectivity index (χ4n) is 8.97. The van der Waals surface area contributed by atoms with Crippen LogP contribution in [0.1, 0.15) is 0 Å². The van der Waals surface area contributed by atoms with E-state index in [2.05, 4.69) is 17.5 Å². The smallest absolute Gasteiger partial charge is 0.00143 e. The van der Waals surface area contributed by atoms with Crippen LogP contribution in [0, 0.1) is 71.0 Å². The monoisotopic (exact) mass is 225 g/mol. The molecule has 1 N–H and O–H groups in total. The second-order valence-corrected chi connectivity index (χ2v) is 8.14. The molecule has 6 aliphatic carbocycles. The number of fused-ring (bicyclic) bond motifs is 3. The SMILES string of the molecule is C1=C[C@H]2[C@H]3[C@H]4[C@@H]1[C@@H]1[C@H]2[C@@H]2[C@H]3[C@@H]3CNC[C@@H]3[C@H]4[C@H]12. The first-order chi connectivity index (χ1) is 8.47. The molecule has 2 bridgehead atoms. The first-order valence-electron chi connectivity index (χ1n) is 7.86. The summed E-state index contributed by atoms with van der Waals surface area (Å²) in [5.41, 5.74) is 0. The summed E-state index contributed by atoms with van der Waals surface area (Å²) in [4.78, 5) is 0. The van der Waals surface area contributed by atoms with Crippen LogP contribution >= 0.6 is 0 Å². The van der Waals surface area contributed by atoms with Gasteiger partial charge in [0.25, 0.3) is 0 Å². The molecular formula is C16H19N. The minimum atomic E-state index is 1.05. The van der Waals surface area contributed by atoms with Gasteiger partial charge in [-0.15, -0.1) is 0 Å². The van der Waals surface area contributed by atoms with Crippen molar-refractivity contribution in [1.82, 2.24) is 5.32 Å². The van der Waals surface area contributed by atoms with Gasteiger partial charge in [0, 0.05) is 0 Å². The molecule has 1 aliphatic heterocycles. The fraction of sp³-hybridized carbons (Fsp3) is 0.875. The van der Waals surface area contributed by atoms with Crippen molar-refractivity contribution >= 4 is 0 Å². The molecule has 1 heteroatoms. The summed E-state index contributed by atoms with van der Waals surface area (Å²) in [5, 5.41) is 3.74. The summed E-state index contributed by atoms with van der Waals surface area (Å²) in [7, 11) is 0. The number of rotatable bonds is 0. The normalized spacial score (nSPS) is 82.4. The molecular weight excluding hydrogens is 206 g/mol. The van der Waals surface area contributed by atoms with E-state index < -0.39 is 0 Å². The molecule has 1 saturated heterocycles. The Hall–Kier alpha value is -0.300. The van der Waals surface area contributed by atoms with E-state index in [-0.39, 0.29) is 0 Å². The fourth-order valence-corrected chi connectivity index (χ4v) is 8.97. The van der Waals surface area contributed by atoms with Crippen molar-refractivity contribution in [2.75, 3.05) is 13.1 Å². The molecule has 6 fully saturated rings. The zero-order chi connectivity index (χ0) is 10.5. The van der Waals surface area contributed by atoms with E-state index in [1.165, 1.54) is 36.8 Å². The summed E-state index contributed by atoms with van der Waals surface area (Å²) >= 11 is 0. The van der Waals surface area contributed by atoms with E-state index in [4.69, 9.17) is 0 Å². The van der Waals surface area contributed by atoms with Crippen LogP contribution in [-0.4, -0.2) is 13.1 Å². The zero-order valence-corrected chi connectivity index (χ0v) is 10.00. The molecule has 0 aromatic carbocycles. The Bertz CT molecular complexity index is 440. The summed E-state index contributed by atoms with van der Waals surface area (Å²) in [6.07, 6.45) is 5.34. The first-order valence-corrected chi connectivity index (χ1v) is 7.86. The topological polar surface area (TPSA) is 12.0 Å². The average molecular weight is 225 g/mol. The molecule has 7 rings (SSSR count). The van der Waals surface area contributed by atoms with Gasteiger partial charge in [-0.2, -0.15) is 0 Å². The van der Waals surface area contributed by atoms with Gasteiger partial charge < -0.3 is 5.32 Å². The molecule has 5 saturated carbocycles. The van der Waals surface area contributed by atoms with Gasteiger partial charge in [0.05, 0.1) is 0 Å². The van der Waals surface area contributed by atoms with E-state index in [0.29, 0.717) is 0 Å². The third-order valence-electron chi connectivity index (χ3n) is 8.63. The van der Waals surface area contributed by atoms with Crippen LogP contribution in [0.3, 0.4) is 0 Å². The van der Waals surface area contributed by atoms with Crippen molar-refractivity contribution in [3.8, 4) is 0 Å². The van der Waals surface area contributed by atoms with Crippen LogP contribution < -0.4 is 5.32 Å². The van der Waals surface area contributed by atoms with Crippen molar-refractivity contribution in [2.24, 2.45) is 71.0 Å².